The van der Waals surface area contributed by atoms with Crippen molar-refractivity contribution in [2.24, 2.45) is 0 Å². The monoisotopic (exact) mass is 358 g/mol. The summed E-state index contributed by atoms with van der Waals surface area (Å²) in [7, 11) is 0. The van der Waals surface area contributed by atoms with Crippen LogP contribution in [0.4, 0.5) is 0 Å². The average Bonchev–Trinajstić information content (AvgIpc) is 3.07. The second kappa shape index (κ2) is 7.40. The van der Waals surface area contributed by atoms with Gasteiger partial charge in [0, 0.05) is 16.7 Å². The summed E-state index contributed by atoms with van der Waals surface area (Å²) in [6, 6.07) is 11.7. The Morgan fingerprint density at radius 2 is 1.84 bits per heavy atom. The molecule has 0 bridgehead atoms. The molecule has 2 aromatic rings. The fourth-order valence-corrected chi connectivity index (χ4v) is 2.42. The number of halogens is 1. The molecule has 1 aliphatic heterocycles. The molecule has 0 saturated carbocycles. The quantitative estimate of drug-likeness (QED) is 0.461. The number of rotatable bonds is 5. The lowest BCUT2D eigenvalue weighted by Crippen LogP contribution is -2.23. The van der Waals surface area contributed by atoms with Crippen LogP contribution < -0.4 is 9.47 Å². The molecule has 128 valence electrons. The number of esters is 1. The van der Waals surface area contributed by atoms with Crippen LogP contribution in [-0.4, -0.2) is 24.6 Å². The number of carbonyl (C=O) groups is 2. The molecular formula is C19H15ClO5. The Labute approximate surface area is 149 Å². The molecule has 0 fully saturated rings. The number of benzene rings is 2. The van der Waals surface area contributed by atoms with Gasteiger partial charge in [0.1, 0.15) is 0 Å². The average molecular weight is 359 g/mol. The molecule has 0 radical (unpaired) electrons. The van der Waals surface area contributed by atoms with Crippen LogP contribution in [0, 0.1) is 0 Å². The maximum Gasteiger partial charge on any atom is 0.331 e. The molecule has 0 saturated heterocycles. The number of ketones is 1. The first-order chi connectivity index (χ1) is 12.0. The summed E-state index contributed by atoms with van der Waals surface area (Å²) in [5.41, 5.74) is 1.20. The zero-order chi connectivity index (χ0) is 17.8. The van der Waals surface area contributed by atoms with E-state index in [-0.39, 0.29) is 12.6 Å². The van der Waals surface area contributed by atoms with E-state index in [1.165, 1.54) is 13.0 Å². The third-order valence-electron chi connectivity index (χ3n) is 3.60. The van der Waals surface area contributed by atoms with Crippen LogP contribution in [0.1, 0.15) is 22.8 Å². The van der Waals surface area contributed by atoms with Crippen molar-refractivity contribution in [3.8, 4) is 11.5 Å². The van der Waals surface area contributed by atoms with Crippen LogP contribution in [0.2, 0.25) is 5.02 Å². The predicted molar refractivity (Wildman–Crippen MR) is 92.9 cm³/mol. The summed E-state index contributed by atoms with van der Waals surface area (Å²) >= 11 is 5.79. The predicted octanol–water partition coefficient (Wildman–Crippen LogP) is 3.90. The largest absolute Gasteiger partial charge is 0.454 e. The second-order valence-electron chi connectivity index (χ2n) is 5.40. The summed E-state index contributed by atoms with van der Waals surface area (Å²) in [5.74, 6) is 0.401. The first-order valence-corrected chi connectivity index (χ1v) is 7.99. The maximum atomic E-state index is 12.2. The number of fused-ring (bicyclic) bond motifs is 1. The summed E-state index contributed by atoms with van der Waals surface area (Å²) < 4.78 is 15.6. The molecule has 0 aliphatic carbocycles. The van der Waals surface area contributed by atoms with E-state index in [1.807, 2.05) is 0 Å². The molecule has 1 aliphatic rings. The van der Waals surface area contributed by atoms with Gasteiger partial charge in [0.05, 0.1) is 0 Å². The van der Waals surface area contributed by atoms with E-state index in [2.05, 4.69) is 0 Å². The van der Waals surface area contributed by atoms with Crippen molar-refractivity contribution in [3.63, 3.8) is 0 Å². The van der Waals surface area contributed by atoms with Crippen molar-refractivity contribution in [2.45, 2.75) is 13.0 Å². The van der Waals surface area contributed by atoms with Crippen molar-refractivity contribution in [3.05, 3.63) is 64.7 Å². The number of hydrogen-bond acceptors (Lipinski definition) is 5. The number of Topliss-reactive ketones (excluding diaryl/α,β-unsaturated/α-hetero) is 1. The fraction of sp³-hybridized carbons (Fsp3) is 0.158. The van der Waals surface area contributed by atoms with Crippen molar-refractivity contribution in [1.29, 1.82) is 0 Å². The third kappa shape index (κ3) is 4.19. The van der Waals surface area contributed by atoms with Crippen LogP contribution in [0.15, 0.2) is 48.5 Å². The molecule has 0 unspecified atom stereocenters. The molecular weight excluding hydrogens is 344 g/mol. The van der Waals surface area contributed by atoms with Crippen LogP contribution in [0.5, 0.6) is 11.5 Å². The van der Waals surface area contributed by atoms with Gasteiger partial charge in [0.2, 0.25) is 12.6 Å². The lowest BCUT2D eigenvalue weighted by Gasteiger charge is -2.10. The Balaban J connectivity index is 1.59. The number of carbonyl (C=O) groups excluding carboxylic acids is 2. The molecule has 2 aromatic carbocycles. The lowest BCUT2D eigenvalue weighted by atomic mass is 10.1. The minimum atomic E-state index is -0.893. The van der Waals surface area contributed by atoms with Gasteiger partial charge < -0.3 is 14.2 Å². The zero-order valence-corrected chi connectivity index (χ0v) is 14.2. The molecule has 3 rings (SSSR count). The standard InChI is InChI=1S/C19H15ClO5/c1-12(19(22)14-4-6-15(20)7-5-14)25-18(21)9-3-13-2-8-16-17(10-13)24-11-23-16/h2-10,12H,11H2,1H3/b9-3+/t12-/m1/s1. The van der Waals surface area contributed by atoms with Crippen molar-refractivity contribution >= 4 is 29.4 Å². The Morgan fingerprint density at radius 1 is 1.12 bits per heavy atom. The van der Waals surface area contributed by atoms with E-state index < -0.39 is 12.1 Å². The lowest BCUT2D eigenvalue weighted by molar-refractivity contribution is -0.140. The van der Waals surface area contributed by atoms with Gasteiger partial charge in [-0.3, -0.25) is 4.79 Å². The highest BCUT2D eigenvalue weighted by Crippen LogP contribution is 2.32. The van der Waals surface area contributed by atoms with E-state index in [9.17, 15) is 9.59 Å². The fourth-order valence-electron chi connectivity index (χ4n) is 2.30. The highest BCUT2D eigenvalue weighted by molar-refractivity contribution is 6.30. The van der Waals surface area contributed by atoms with Crippen molar-refractivity contribution < 1.29 is 23.8 Å². The molecule has 0 spiro atoms. The van der Waals surface area contributed by atoms with Gasteiger partial charge in [-0.15, -0.1) is 0 Å². The van der Waals surface area contributed by atoms with Crippen LogP contribution in [0.25, 0.3) is 6.08 Å². The summed E-state index contributed by atoms with van der Waals surface area (Å²) in [6.07, 6.45) is 1.96. The highest BCUT2D eigenvalue weighted by Gasteiger charge is 2.18. The first-order valence-electron chi connectivity index (χ1n) is 7.61. The topological polar surface area (TPSA) is 61.8 Å². The molecule has 0 amide bonds. The molecule has 0 N–H and O–H groups in total. The SMILES string of the molecule is C[C@@H](OC(=O)/C=C/c1ccc2c(c1)OCO2)C(=O)c1ccc(Cl)cc1. The van der Waals surface area contributed by atoms with E-state index in [4.69, 9.17) is 25.8 Å². The number of hydrogen-bond donors (Lipinski definition) is 0. The van der Waals surface area contributed by atoms with Crippen LogP contribution in [0.3, 0.4) is 0 Å². The Bertz CT molecular complexity index is 826. The highest BCUT2D eigenvalue weighted by atomic mass is 35.5. The smallest absolute Gasteiger partial charge is 0.331 e. The van der Waals surface area contributed by atoms with Gasteiger partial charge in [-0.2, -0.15) is 0 Å². The van der Waals surface area contributed by atoms with E-state index >= 15 is 0 Å². The minimum Gasteiger partial charge on any atom is -0.454 e. The molecule has 1 atom stereocenters. The normalized spacial score (nSPS) is 13.7. The van der Waals surface area contributed by atoms with E-state index in [1.54, 1.807) is 48.5 Å². The van der Waals surface area contributed by atoms with Gasteiger partial charge in [0.25, 0.3) is 0 Å². The van der Waals surface area contributed by atoms with E-state index in [0.29, 0.717) is 22.1 Å². The molecule has 5 nitrogen and oxygen atoms in total. The zero-order valence-electron chi connectivity index (χ0n) is 13.4. The minimum absolute atomic E-state index is 0.189. The first kappa shape index (κ1) is 17.0. The maximum absolute atomic E-state index is 12.2. The van der Waals surface area contributed by atoms with Crippen LogP contribution >= 0.6 is 11.6 Å². The summed E-state index contributed by atoms with van der Waals surface area (Å²) in [5, 5.41) is 0.535. The molecule has 25 heavy (non-hydrogen) atoms. The Morgan fingerprint density at radius 3 is 2.60 bits per heavy atom. The molecule has 0 aromatic heterocycles. The number of ether oxygens (including phenoxy) is 3. The van der Waals surface area contributed by atoms with Gasteiger partial charge >= 0.3 is 5.97 Å². The second-order valence-corrected chi connectivity index (χ2v) is 5.83. The van der Waals surface area contributed by atoms with Crippen molar-refractivity contribution in [1.82, 2.24) is 0 Å². The summed E-state index contributed by atoms with van der Waals surface area (Å²) in [4.78, 5) is 24.1. The van der Waals surface area contributed by atoms with Gasteiger partial charge in [-0.1, -0.05) is 17.7 Å². The van der Waals surface area contributed by atoms with Crippen molar-refractivity contribution in [2.75, 3.05) is 6.79 Å². The molecule has 1 heterocycles. The Kier molecular flexibility index (Phi) is 5.05. The van der Waals surface area contributed by atoms with Gasteiger partial charge in [-0.05, 0) is 55.0 Å². The van der Waals surface area contributed by atoms with E-state index in [0.717, 1.165) is 5.56 Å². The van der Waals surface area contributed by atoms with Gasteiger partial charge in [-0.25, -0.2) is 4.79 Å². The van der Waals surface area contributed by atoms with Crippen LogP contribution in [-0.2, 0) is 9.53 Å². The Hall–Kier alpha value is -2.79. The third-order valence-corrected chi connectivity index (χ3v) is 3.85. The van der Waals surface area contributed by atoms with Gasteiger partial charge in [0.15, 0.2) is 17.6 Å². The molecule has 6 heteroatoms. The summed E-state index contributed by atoms with van der Waals surface area (Å²) in [6.45, 7) is 1.72.